The Kier molecular flexibility index (Phi) is 3.27. The van der Waals surface area contributed by atoms with Crippen molar-refractivity contribution < 1.29 is 4.74 Å². The van der Waals surface area contributed by atoms with Crippen LogP contribution in [0, 0.1) is 0 Å². The largest absolute Gasteiger partial charge is 0.494 e. The van der Waals surface area contributed by atoms with E-state index < -0.39 is 0 Å². The molecule has 1 aromatic rings. The molecule has 2 heteroatoms. The maximum Gasteiger partial charge on any atom is 0.119 e. The molecule has 15 heavy (non-hydrogen) atoms. The highest BCUT2D eigenvalue weighted by molar-refractivity contribution is 5.37. The first-order chi connectivity index (χ1) is 7.33. The second-order valence-corrected chi connectivity index (χ2v) is 4.05. The fraction of sp³-hybridized carbons (Fsp3) is 0.538. The first kappa shape index (κ1) is 10.5. The Bertz CT molecular complexity index is 335. The van der Waals surface area contributed by atoms with E-state index in [0.29, 0.717) is 6.04 Å². The summed E-state index contributed by atoms with van der Waals surface area (Å²) in [6.45, 7) is 5.97. The predicted molar refractivity (Wildman–Crippen MR) is 62.2 cm³/mol. The molecule has 2 nitrogen and oxygen atoms in total. The quantitative estimate of drug-likeness (QED) is 0.818. The van der Waals surface area contributed by atoms with Gasteiger partial charge in [0, 0.05) is 12.6 Å². The minimum Gasteiger partial charge on any atom is -0.494 e. The lowest BCUT2D eigenvalue weighted by atomic mass is 9.94. The van der Waals surface area contributed by atoms with Gasteiger partial charge in [0.05, 0.1) is 6.61 Å². The molecule has 0 fully saturated rings. The van der Waals surface area contributed by atoms with Gasteiger partial charge in [-0.25, -0.2) is 0 Å². The molecule has 0 saturated heterocycles. The van der Waals surface area contributed by atoms with Gasteiger partial charge in [-0.05, 0) is 43.0 Å². The molecule has 1 aliphatic heterocycles. The Balaban J connectivity index is 2.17. The molecule has 1 N–H and O–H groups in total. The molecule has 1 heterocycles. The fourth-order valence-corrected chi connectivity index (χ4v) is 2.10. The SMILES string of the molecule is CCOc1ccc2c(c1)CNC(CC)C2. The molecule has 1 aromatic carbocycles. The summed E-state index contributed by atoms with van der Waals surface area (Å²) in [7, 11) is 0. The van der Waals surface area contributed by atoms with E-state index in [2.05, 4.69) is 30.4 Å². The molecule has 0 aliphatic carbocycles. The molecule has 2 rings (SSSR count). The van der Waals surface area contributed by atoms with E-state index in [4.69, 9.17) is 4.74 Å². The van der Waals surface area contributed by atoms with Gasteiger partial charge in [-0.1, -0.05) is 13.0 Å². The summed E-state index contributed by atoms with van der Waals surface area (Å²) < 4.78 is 5.50. The van der Waals surface area contributed by atoms with Crippen LogP contribution in [0.3, 0.4) is 0 Å². The van der Waals surface area contributed by atoms with Crippen LogP contribution in [-0.4, -0.2) is 12.6 Å². The van der Waals surface area contributed by atoms with Crippen LogP contribution in [0.1, 0.15) is 31.4 Å². The minimum atomic E-state index is 0.649. The van der Waals surface area contributed by atoms with Gasteiger partial charge in [0.1, 0.15) is 5.75 Å². The topological polar surface area (TPSA) is 21.3 Å². The summed E-state index contributed by atoms with van der Waals surface area (Å²) in [5, 5.41) is 3.54. The van der Waals surface area contributed by atoms with Crippen LogP contribution < -0.4 is 10.1 Å². The molecule has 0 aromatic heterocycles. The van der Waals surface area contributed by atoms with Crippen molar-refractivity contribution in [2.24, 2.45) is 0 Å². The third kappa shape index (κ3) is 2.32. The first-order valence-corrected chi connectivity index (χ1v) is 5.81. The molecule has 0 spiro atoms. The molecular weight excluding hydrogens is 186 g/mol. The normalized spacial score (nSPS) is 19.7. The lowest BCUT2D eigenvalue weighted by Crippen LogP contribution is -2.34. The Morgan fingerprint density at radius 2 is 2.20 bits per heavy atom. The molecule has 0 saturated carbocycles. The monoisotopic (exact) mass is 205 g/mol. The lowest BCUT2D eigenvalue weighted by molar-refractivity contribution is 0.339. The molecule has 1 atom stereocenters. The van der Waals surface area contributed by atoms with Crippen LogP contribution in [-0.2, 0) is 13.0 Å². The number of hydrogen-bond acceptors (Lipinski definition) is 2. The van der Waals surface area contributed by atoms with Crippen LogP contribution in [0.25, 0.3) is 0 Å². The summed E-state index contributed by atoms with van der Waals surface area (Å²) in [4.78, 5) is 0. The maximum absolute atomic E-state index is 5.50. The molecule has 1 aliphatic rings. The van der Waals surface area contributed by atoms with Crippen molar-refractivity contribution in [2.45, 2.75) is 39.3 Å². The Hall–Kier alpha value is -1.02. The van der Waals surface area contributed by atoms with Gasteiger partial charge in [0.2, 0.25) is 0 Å². The second-order valence-electron chi connectivity index (χ2n) is 4.05. The van der Waals surface area contributed by atoms with Crippen molar-refractivity contribution in [3.63, 3.8) is 0 Å². The highest BCUT2D eigenvalue weighted by atomic mass is 16.5. The van der Waals surface area contributed by atoms with Gasteiger partial charge in [-0.15, -0.1) is 0 Å². The average molecular weight is 205 g/mol. The Labute approximate surface area is 91.6 Å². The lowest BCUT2D eigenvalue weighted by Gasteiger charge is -2.25. The number of rotatable bonds is 3. The Morgan fingerprint density at radius 1 is 1.33 bits per heavy atom. The van der Waals surface area contributed by atoms with Gasteiger partial charge >= 0.3 is 0 Å². The van der Waals surface area contributed by atoms with E-state index in [-0.39, 0.29) is 0 Å². The van der Waals surface area contributed by atoms with E-state index in [0.717, 1.165) is 25.3 Å². The van der Waals surface area contributed by atoms with E-state index in [1.54, 1.807) is 0 Å². The summed E-state index contributed by atoms with van der Waals surface area (Å²) >= 11 is 0. The Morgan fingerprint density at radius 3 is 2.93 bits per heavy atom. The van der Waals surface area contributed by atoms with Crippen LogP contribution >= 0.6 is 0 Å². The zero-order chi connectivity index (χ0) is 10.7. The maximum atomic E-state index is 5.50. The van der Waals surface area contributed by atoms with Crippen molar-refractivity contribution in [1.82, 2.24) is 5.32 Å². The number of fused-ring (bicyclic) bond motifs is 1. The van der Waals surface area contributed by atoms with E-state index in [1.807, 2.05) is 6.92 Å². The van der Waals surface area contributed by atoms with Gasteiger partial charge in [0.15, 0.2) is 0 Å². The molecule has 0 bridgehead atoms. The highest BCUT2D eigenvalue weighted by Gasteiger charge is 2.16. The number of hydrogen-bond donors (Lipinski definition) is 1. The summed E-state index contributed by atoms with van der Waals surface area (Å²) in [5.74, 6) is 0.994. The fourth-order valence-electron chi connectivity index (χ4n) is 2.10. The summed E-state index contributed by atoms with van der Waals surface area (Å²) in [6.07, 6.45) is 2.35. The minimum absolute atomic E-state index is 0.649. The van der Waals surface area contributed by atoms with Crippen molar-refractivity contribution in [2.75, 3.05) is 6.61 Å². The molecule has 0 radical (unpaired) electrons. The molecular formula is C13H19NO. The zero-order valence-corrected chi connectivity index (χ0v) is 9.55. The standard InChI is InChI=1S/C13H19NO/c1-3-12-7-10-5-6-13(15-4-2)8-11(10)9-14-12/h5-6,8,12,14H,3-4,7,9H2,1-2H3. The van der Waals surface area contributed by atoms with Crippen LogP contribution in [0.15, 0.2) is 18.2 Å². The third-order valence-corrected chi connectivity index (χ3v) is 3.03. The molecule has 1 unspecified atom stereocenters. The number of ether oxygens (including phenoxy) is 1. The molecule has 82 valence electrons. The smallest absolute Gasteiger partial charge is 0.119 e. The van der Waals surface area contributed by atoms with Crippen LogP contribution in [0.2, 0.25) is 0 Å². The van der Waals surface area contributed by atoms with Gasteiger partial charge in [-0.3, -0.25) is 0 Å². The first-order valence-electron chi connectivity index (χ1n) is 5.81. The highest BCUT2D eigenvalue weighted by Crippen LogP contribution is 2.23. The van der Waals surface area contributed by atoms with Crippen LogP contribution in [0.5, 0.6) is 5.75 Å². The number of benzene rings is 1. The number of nitrogens with one attached hydrogen (secondary N) is 1. The average Bonchev–Trinajstić information content (AvgIpc) is 2.29. The van der Waals surface area contributed by atoms with E-state index in [9.17, 15) is 0 Å². The zero-order valence-electron chi connectivity index (χ0n) is 9.55. The summed E-state index contributed by atoms with van der Waals surface area (Å²) in [6, 6.07) is 7.11. The van der Waals surface area contributed by atoms with E-state index in [1.165, 1.54) is 17.5 Å². The van der Waals surface area contributed by atoms with Gasteiger partial charge < -0.3 is 10.1 Å². The van der Waals surface area contributed by atoms with Crippen molar-refractivity contribution in [3.05, 3.63) is 29.3 Å². The third-order valence-electron chi connectivity index (χ3n) is 3.03. The van der Waals surface area contributed by atoms with E-state index >= 15 is 0 Å². The van der Waals surface area contributed by atoms with Crippen molar-refractivity contribution >= 4 is 0 Å². The van der Waals surface area contributed by atoms with Crippen molar-refractivity contribution in [1.29, 1.82) is 0 Å². The van der Waals surface area contributed by atoms with Gasteiger partial charge in [0.25, 0.3) is 0 Å². The van der Waals surface area contributed by atoms with Crippen molar-refractivity contribution in [3.8, 4) is 5.75 Å². The molecule has 0 amide bonds. The summed E-state index contributed by atoms with van der Waals surface area (Å²) in [5.41, 5.74) is 2.87. The van der Waals surface area contributed by atoms with Gasteiger partial charge in [-0.2, -0.15) is 0 Å². The second kappa shape index (κ2) is 4.67. The van der Waals surface area contributed by atoms with Crippen LogP contribution in [0.4, 0.5) is 0 Å². The predicted octanol–water partition coefficient (Wildman–Crippen LogP) is 2.51.